The van der Waals surface area contributed by atoms with Crippen LogP contribution in [-0.2, 0) is 29.0 Å². The minimum absolute atomic E-state index is 0.128. The van der Waals surface area contributed by atoms with Crippen LogP contribution in [0.4, 0.5) is 4.79 Å². The van der Waals surface area contributed by atoms with Crippen molar-refractivity contribution in [1.82, 2.24) is 10.6 Å². The minimum Gasteiger partial charge on any atom is -0.445 e. The van der Waals surface area contributed by atoms with Crippen LogP contribution in [0, 0.1) is 0 Å². The van der Waals surface area contributed by atoms with E-state index in [4.69, 9.17) is 4.74 Å². The van der Waals surface area contributed by atoms with Crippen molar-refractivity contribution in [2.24, 2.45) is 0 Å². The minimum atomic E-state index is -0.802. The largest absolute Gasteiger partial charge is 0.445 e. The van der Waals surface area contributed by atoms with Crippen LogP contribution in [0.2, 0.25) is 0 Å². The summed E-state index contributed by atoms with van der Waals surface area (Å²) < 4.78 is 5.41. The highest BCUT2D eigenvalue weighted by atomic mass is 16.5. The predicted molar refractivity (Wildman–Crippen MR) is 151 cm³/mol. The Balaban J connectivity index is 1.48. The molecule has 0 radical (unpaired) electrons. The standard InChI is InChI=1S/C33H32N2O3/c36-32(34-30(23-27-15-7-2-8-16-27)22-21-26-13-5-1-6-14-26)31(24-28-17-9-3-10-18-28)35-33(37)38-25-29-19-11-4-12-20-29/h1-22,30-31H,23-25H2,(H,34,36)(H,35,37)/b22-21+/t30-,31+/m1/s1. The molecule has 0 aliphatic heterocycles. The average Bonchev–Trinajstić information content (AvgIpc) is 2.96. The first-order valence-electron chi connectivity index (χ1n) is 12.7. The molecular weight excluding hydrogens is 472 g/mol. The molecule has 0 aliphatic rings. The highest BCUT2D eigenvalue weighted by Gasteiger charge is 2.24. The third kappa shape index (κ3) is 8.79. The molecule has 0 saturated heterocycles. The van der Waals surface area contributed by atoms with Gasteiger partial charge < -0.3 is 15.4 Å². The highest BCUT2D eigenvalue weighted by molar-refractivity contribution is 5.86. The van der Waals surface area contributed by atoms with Crippen LogP contribution in [0.25, 0.3) is 6.08 Å². The van der Waals surface area contributed by atoms with E-state index in [2.05, 4.69) is 10.6 Å². The molecule has 38 heavy (non-hydrogen) atoms. The Kier molecular flexibility index (Phi) is 9.87. The van der Waals surface area contributed by atoms with Crippen LogP contribution in [0.5, 0.6) is 0 Å². The van der Waals surface area contributed by atoms with Gasteiger partial charge in [-0.1, -0.05) is 133 Å². The van der Waals surface area contributed by atoms with Gasteiger partial charge in [-0.25, -0.2) is 4.79 Å². The van der Waals surface area contributed by atoms with Crippen molar-refractivity contribution in [2.45, 2.75) is 31.5 Å². The lowest BCUT2D eigenvalue weighted by molar-refractivity contribution is -0.123. The van der Waals surface area contributed by atoms with Gasteiger partial charge in [0, 0.05) is 6.42 Å². The lowest BCUT2D eigenvalue weighted by Crippen LogP contribution is -2.50. The van der Waals surface area contributed by atoms with Crippen molar-refractivity contribution in [3.63, 3.8) is 0 Å². The summed E-state index contributed by atoms with van der Waals surface area (Å²) in [6.07, 6.45) is 4.32. The maximum Gasteiger partial charge on any atom is 0.408 e. The van der Waals surface area contributed by atoms with Crippen LogP contribution in [0.1, 0.15) is 22.3 Å². The number of amides is 2. The van der Waals surface area contributed by atoms with Crippen LogP contribution in [-0.4, -0.2) is 24.1 Å². The quantitative estimate of drug-likeness (QED) is 0.265. The summed E-state index contributed by atoms with van der Waals surface area (Å²) in [5, 5.41) is 5.92. The Bertz CT molecular complexity index is 1290. The summed E-state index contributed by atoms with van der Waals surface area (Å²) in [6, 6.07) is 38.0. The summed E-state index contributed by atoms with van der Waals surface area (Å²) >= 11 is 0. The summed E-state index contributed by atoms with van der Waals surface area (Å²) in [6.45, 7) is 0.128. The first-order chi connectivity index (χ1) is 18.7. The van der Waals surface area contributed by atoms with Gasteiger partial charge in [-0.15, -0.1) is 0 Å². The molecule has 4 aromatic carbocycles. The zero-order valence-corrected chi connectivity index (χ0v) is 21.2. The number of benzene rings is 4. The molecule has 4 aromatic rings. The number of carbonyl (C=O) groups is 2. The van der Waals surface area contributed by atoms with Crippen LogP contribution >= 0.6 is 0 Å². The zero-order chi connectivity index (χ0) is 26.4. The lowest BCUT2D eigenvalue weighted by Gasteiger charge is -2.22. The molecule has 2 amide bonds. The molecule has 5 heteroatoms. The number of carbonyl (C=O) groups excluding carboxylic acids is 2. The Morgan fingerprint density at radius 1 is 0.632 bits per heavy atom. The van der Waals surface area contributed by atoms with Crippen molar-refractivity contribution in [3.05, 3.63) is 150 Å². The van der Waals surface area contributed by atoms with Crippen LogP contribution in [0.3, 0.4) is 0 Å². The SMILES string of the molecule is O=C(N[C@@H](Cc1ccccc1)C(=O)N[C@H](/C=C/c1ccccc1)Cc1ccccc1)OCc1ccccc1. The van der Waals surface area contributed by atoms with Crippen molar-refractivity contribution in [2.75, 3.05) is 0 Å². The number of hydrogen-bond donors (Lipinski definition) is 2. The molecule has 0 heterocycles. The molecule has 4 rings (SSSR count). The van der Waals surface area contributed by atoms with Gasteiger partial charge in [0.15, 0.2) is 0 Å². The smallest absolute Gasteiger partial charge is 0.408 e. The molecule has 0 bridgehead atoms. The molecule has 0 fully saturated rings. The van der Waals surface area contributed by atoms with Gasteiger partial charge >= 0.3 is 6.09 Å². The van der Waals surface area contributed by atoms with Crippen LogP contribution in [0.15, 0.2) is 127 Å². The van der Waals surface area contributed by atoms with E-state index in [1.54, 1.807) is 0 Å². The molecule has 0 saturated carbocycles. The van der Waals surface area contributed by atoms with Gasteiger partial charge in [0.25, 0.3) is 0 Å². The third-order valence-electron chi connectivity index (χ3n) is 6.05. The van der Waals surface area contributed by atoms with Gasteiger partial charge in [0.2, 0.25) is 5.91 Å². The second-order valence-electron chi connectivity index (χ2n) is 9.02. The first kappa shape index (κ1) is 26.4. The van der Waals surface area contributed by atoms with E-state index in [1.165, 1.54) is 0 Å². The highest BCUT2D eigenvalue weighted by Crippen LogP contribution is 2.10. The third-order valence-corrected chi connectivity index (χ3v) is 6.05. The fraction of sp³-hybridized carbons (Fsp3) is 0.152. The molecule has 0 aliphatic carbocycles. The van der Waals surface area contributed by atoms with E-state index in [0.29, 0.717) is 12.8 Å². The van der Waals surface area contributed by atoms with Gasteiger partial charge in [-0.05, 0) is 28.7 Å². The van der Waals surface area contributed by atoms with Crippen LogP contribution < -0.4 is 10.6 Å². The fourth-order valence-electron chi connectivity index (χ4n) is 4.08. The van der Waals surface area contributed by atoms with Crippen molar-refractivity contribution < 1.29 is 14.3 Å². The van der Waals surface area contributed by atoms with Gasteiger partial charge in [0.05, 0.1) is 6.04 Å². The topological polar surface area (TPSA) is 67.4 Å². The Morgan fingerprint density at radius 3 is 1.71 bits per heavy atom. The van der Waals surface area contributed by atoms with Gasteiger partial charge in [-0.3, -0.25) is 4.79 Å². The van der Waals surface area contributed by atoms with Crippen molar-refractivity contribution in [1.29, 1.82) is 0 Å². The average molecular weight is 505 g/mol. The van der Waals surface area contributed by atoms with E-state index in [1.807, 2.05) is 133 Å². The second kappa shape index (κ2) is 14.2. The van der Waals surface area contributed by atoms with Crippen molar-refractivity contribution >= 4 is 18.1 Å². The lowest BCUT2D eigenvalue weighted by atomic mass is 10.0. The molecule has 2 atom stereocenters. The predicted octanol–water partition coefficient (Wildman–Crippen LogP) is 5.97. The molecule has 0 spiro atoms. The second-order valence-corrected chi connectivity index (χ2v) is 9.02. The number of nitrogens with one attached hydrogen (secondary N) is 2. The van der Waals surface area contributed by atoms with E-state index in [-0.39, 0.29) is 18.6 Å². The fourth-order valence-corrected chi connectivity index (χ4v) is 4.08. The molecular formula is C33H32N2O3. The Morgan fingerprint density at radius 2 is 1.13 bits per heavy atom. The molecule has 0 unspecified atom stereocenters. The summed E-state index contributed by atoms with van der Waals surface area (Å²) in [5.41, 5.74) is 3.96. The molecule has 192 valence electrons. The normalized spacial score (nSPS) is 12.4. The number of ether oxygens (including phenoxy) is 1. The summed E-state index contributed by atoms with van der Waals surface area (Å²) in [5.74, 6) is -0.274. The summed E-state index contributed by atoms with van der Waals surface area (Å²) in [7, 11) is 0. The molecule has 0 aromatic heterocycles. The maximum absolute atomic E-state index is 13.6. The number of rotatable bonds is 11. The Labute approximate surface area is 224 Å². The van der Waals surface area contributed by atoms with Crippen molar-refractivity contribution in [3.8, 4) is 0 Å². The zero-order valence-electron chi connectivity index (χ0n) is 21.2. The van der Waals surface area contributed by atoms with E-state index in [9.17, 15) is 9.59 Å². The van der Waals surface area contributed by atoms with Gasteiger partial charge in [0.1, 0.15) is 12.6 Å². The van der Waals surface area contributed by atoms with E-state index in [0.717, 1.165) is 22.3 Å². The maximum atomic E-state index is 13.6. The molecule has 5 nitrogen and oxygen atoms in total. The van der Waals surface area contributed by atoms with Gasteiger partial charge in [-0.2, -0.15) is 0 Å². The Hall–Kier alpha value is -4.64. The number of hydrogen-bond acceptors (Lipinski definition) is 3. The molecule has 2 N–H and O–H groups in total. The monoisotopic (exact) mass is 504 g/mol. The van der Waals surface area contributed by atoms with E-state index < -0.39 is 12.1 Å². The first-order valence-corrected chi connectivity index (χ1v) is 12.7. The number of alkyl carbamates (subject to hydrolysis) is 1. The summed E-state index contributed by atoms with van der Waals surface area (Å²) in [4.78, 5) is 26.2. The van der Waals surface area contributed by atoms with E-state index >= 15 is 0 Å².